The first-order valence-electron chi connectivity index (χ1n) is 4.49. The van der Waals surface area contributed by atoms with Crippen LogP contribution in [0.2, 0.25) is 4.34 Å². The first-order valence-corrected chi connectivity index (χ1v) is 5.68. The van der Waals surface area contributed by atoms with Crippen LogP contribution in [0.3, 0.4) is 0 Å². The summed E-state index contributed by atoms with van der Waals surface area (Å²) in [7, 11) is 0. The van der Waals surface area contributed by atoms with Gasteiger partial charge in [0.25, 0.3) is 0 Å². The van der Waals surface area contributed by atoms with Crippen molar-refractivity contribution in [1.29, 1.82) is 5.26 Å². The number of rotatable bonds is 2. The highest BCUT2D eigenvalue weighted by molar-refractivity contribution is 7.19. The lowest BCUT2D eigenvalue weighted by molar-refractivity contribution is 0.628. The Hall–Kier alpha value is -1.44. The second-order valence-corrected chi connectivity index (χ2v) is 4.69. The van der Waals surface area contributed by atoms with Crippen LogP contribution in [0.5, 0.6) is 0 Å². The SMILES string of the molecule is N#CCc1nc(-c2cccc(F)c2)sc1Cl. The molecule has 2 rings (SSSR count). The summed E-state index contributed by atoms with van der Waals surface area (Å²) >= 11 is 7.18. The Kier molecular flexibility index (Phi) is 3.18. The fourth-order valence-electron chi connectivity index (χ4n) is 1.26. The van der Waals surface area contributed by atoms with E-state index in [-0.39, 0.29) is 12.2 Å². The highest BCUT2D eigenvalue weighted by atomic mass is 35.5. The van der Waals surface area contributed by atoms with Gasteiger partial charge < -0.3 is 0 Å². The zero-order chi connectivity index (χ0) is 11.5. The molecule has 5 heteroatoms. The van der Waals surface area contributed by atoms with Crippen molar-refractivity contribution in [2.45, 2.75) is 6.42 Å². The molecule has 0 radical (unpaired) electrons. The van der Waals surface area contributed by atoms with E-state index in [0.717, 1.165) is 0 Å². The van der Waals surface area contributed by atoms with Crippen LogP contribution in [0.1, 0.15) is 5.69 Å². The van der Waals surface area contributed by atoms with Crippen molar-refractivity contribution in [3.05, 3.63) is 40.1 Å². The second-order valence-electron chi connectivity index (χ2n) is 3.08. The normalized spacial score (nSPS) is 10.1. The molecule has 0 saturated carbocycles. The molecule has 1 aromatic carbocycles. The molecule has 0 atom stereocenters. The molecule has 0 spiro atoms. The molecule has 2 aromatic rings. The van der Waals surface area contributed by atoms with Gasteiger partial charge >= 0.3 is 0 Å². The van der Waals surface area contributed by atoms with Gasteiger partial charge in [-0.15, -0.1) is 11.3 Å². The minimum Gasteiger partial charge on any atom is -0.238 e. The van der Waals surface area contributed by atoms with Gasteiger partial charge in [0.05, 0.1) is 18.2 Å². The van der Waals surface area contributed by atoms with Crippen LogP contribution in [-0.2, 0) is 6.42 Å². The maximum Gasteiger partial charge on any atom is 0.125 e. The molecule has 0 N–H and O–H groups in total. The zero-order valence-corrected chi connectivity index (χ0v) is 9.65. The van der Waals surface area contributed by atoms with Crippen LogP contribution in [-0.4, -0.2) is 4.98 Å². The lowest BCUT2D eigenvalue weighted by Crippen LogP contribution is -1.83. The lowest BCUT2D eigenvalue weighted by atomic mass is 10.2. The van der Waals surface area contributed by atoms with Crippen molar-refractivity contribution in [2.75, 3.05) is 0 Å². The Morgan fingerprint density at radius 3 is 3.00 bits per heavy atom. The largest absolute Gasteiger partial charge is 0.238 e. The smallest absolute Gasteiger partial charge is 0.125 e. The number of aromatic nitrogens is 1. The average Bonchev–Trinajstić information content (AvgIpc) is 2.61. The molecule has 0 aliphatic heterocycles. The number of hydrogen-bond acceptors (Lipinski definition) is 3. The summed E-state index contributed by atoms with van der Waals surface area (Å²) in [4.78, 5) is 4.21. The van der Waals surface area contributed by atoms with Gasteiger partial charge in [0.2, 0.25) is 0 Å². The van der Waals surface area contributed by atoms with Crippen molar-refractivity contribution in [1.82, 2.24) is 4.98 Å². The average molecular weight is 253 g/mol. The molecule has 1 aromatic heterocycles. The molecule has 0 amide bonds. The topological polar surface area (TPSA) is 36.7 Å². The third kappa shape index (κ3) is 2.21. The molecule has 0 fully saturated rings. The van der Waals surface area contributed by atoms with Gasteiger partial charge in [-0.2, -0.15) is 5.26 Å². The molecule has 16 heavy (non-hydrogen) atoms. The maximum absolute atomic E-state index is 13.0. The van der Waals surface area contributed by atoms with Gasteiger partial charge in [0, 0.05) is 5.56 Å². The van der Waals surface area contributed by atoms with Crippen molar-refractivity contribution >= 4 is 22.9 Å². The summed E-state index contributed by atoms with van der Waals surface area (Å²) in [6.07, 6.45) is 0.171. The van der Waals surface area contributed by atoms with Gasteiger partial charge in [-0.1, -0.05) is 23.7 Å². The standard InChI is InChI=1S/C11H6ClFN2S/c12-10-9(4-5-14)15-11(16-10)7-2-1-3-8(13)6-7/h1-3,6H,4H2. The van der Waals surface area contributed by atoms with Crippen LogP contribution < -0.4 is 0 Å². The summed E-state index contributed by atoms with van der Waals surface area (Å²) in [5, 5.41) is 9.20. The summed E-state index contributed by atoms with van der Waals surface area (Å²) in [6.45, 7) is 0. The summed E-state index contributed by atoms with van der Waals surface area (Å²) in [6, 6.07) is 8.12. The maximum atomic E-state index is 13.0. The Labute approximate surface area is 101 Å². The van der Waals surface area contributed by atoms with E-state index in [1.165, 1.54) is 23.5 Å². The Balaban J connectivity index is 2.42. The highest BCUT2D eigenvalue weighted by Gasteiger charge is 2.10. The Morgan fingerprint density at radius 2 is 2.31 bits per heavy atom. The molecule has 0 aliphatic rings. The van der Waals surface area contributed by atoms with Crippen molar-refractivity contribution < 1.29 is 4.39 Å². The van der Waals surface area contributed by atoms with Gasteiger partial charge in [0.1, 0.15) is 15.2 Å². The van der Waals surface area contributed by atoms with Gasteiger partial charge in [-0.3, -0.25) is 0 Å². The first kappa shape index (κ1) is 11.1. The molecule has 0 aliphatic carbocycles. The van der Waals surface area contributed by atoms with Crippen molar-refractivity contribution in [3.63, 3.8) is 0 Å². The van der Waals surface area contributed by atoms with E-state index < -0.39 is 0 Å². The third-order valence-electron chi connectivity index (χ3n) is 1.97. The van der Waals surface area contributed by atoms with E-state index in [9.17, 15) is 4.39 Å². The third-order valence-corrected chi connectivity index (χ3v) is 3.35. The van der Waals surface area contributed by atoms with Gasteiger partial charge in [-0.05, 0) is 12.1 Å². The molecule has 0 saturated heterocycles. The Morgan fingerprint density at radius 1 is 1.50 bits per heavy atom. The fourth-order valence-corrected chi connectivity index (χ4v) is 2.40. The van der Waals surface area contributed by atoms with Crippen molar-refractivity contribution in [2.24, 2.45) is 0 Å². The molecule has 0 unspecified atom stereocenters. The number of hydrogen-bond donors (Lipinski definition) is 0. The Bertz CT molecular complexity index is 559. The van der Waals surface area contributed by atoms with E-state index in [2.05, 4.69) is 4.98 Å². The van der Waals surface area contributed by atoms with Crippen molar-refractivity contribution in [3.8, 4) is 16.6 Å². The lowest BCUT2D eigenvalue weighted by Gasteiger charge is -1.94. The summed E-state index contributed by atoms with van der Waals surface area (Å²) < 4.78 is 13.5. The van der Waals surface area contributed by atoms with Gasteiger partial charge in [-0.25, -0.2) is 9.37 Å². The first-order chi connectivity index (χ1) is 7.70. The number of benzene rings is 1. The molecular formula is C11H6ClFN2S. The van der Waals surface area contributed by atoms with E-state index in [4.69, 9.17) is 16.9 Å². The van der Waals surface area contributed by atoms with Crippen LogP contribution in [0.15, 0.2) is 24.3 Å². The van der Waals surface area contributed by atoms with E-state index in [1.807, 2.05) is 6.07 Å². The molecule has 1 heterocycles. The van der Waals surface area contributed by atoms with Crippen LogP contribution in [0.4, 0.5) is 4.39 Å². The predicted molar refractivity (Wildman–Crippen MR) is 61.8 cm³/mol. The fraction of sp³-hybridized carbons (Fsp3) is 0.0909. The predicted octanol–water partition coefficient (Wildman–Crippen LogP) is 3.67. The van der Waals surface area contributed by atoms with E-state index in [0.29, 0.717) is 20.6 Å². The molecule has 80 valence electrons. The minimum absolute atomic E-state index is 0.171. The van der Waals surface area contributed by atoms with Gasteiger partial charge in [0.15, 0.2) is 0 Å². The van der Waals surface area contributed by atoms with Crippen LogP contribution in [0, 0.1) is 17.1 Å². The van der Waals surface area contributed by atoms with E-state index in [1.54, 1.807) is 12.1 Å². The summed E-state index contributed by atoms with van der Waals surface area (Å²) in [5.41, 5.74) is 1.23. The minimum atomic E-state index is -0.314. The summed E-state index contributed by atoms with van der Waals surface area (Å²) in [5.74, 6) is -0.314. The molecule has 0 bridgehead atoms. The number of nitriles is 1. The van der Waals surface area contributed by atoms with Crippen LogP contribution >= 0.6 is 22.9 Å². The molecular weight excluding hydrogens is 247 g/mol. The second kappa shape index (κ2) is 4.60. The highest BCUT2D eigenvalue weighted by Crippen LogP contribution is 2.32. The quantitative estimate of drug-likeness (QED) is 0.818. The molecule has 2 nitrogen and oxygen atoms in total. The monoisotopic (exact) mass is 252 g/mol. The van der Waals surface area contributed by atoms with Crippen LogP contribution in [0.25, 0.3) is 10.6 Å². The number of nitrogens with zero attached hydrogens (tertiary/aromatic N) is 2. The number of halogens is 2. The zero-order valence-electron chi connectivity index (χ0n) is 8.08. The van der Waals surface area contributed by atoms with E-state index >= 15 is 0 Å². The number of thiazole rings is 1.